The monoisotopic (exact) mass is 449 g/mol. The van der Waals surface area contributed by atoms with E-state index in [2.05, 4.69) is 0 Å². The number of carbonyl (C=O) groups excluding carboxylic acids is 3. The van der Waals surface area contributed by atoms with E-state index in [1.54, 1.807) is 24.0 Å². The van der Waals surface area contributed by atoms with Crippen molar-refractivity contribution in [3.05, 3.63) is 58.0 Å². The van der Waals surface area contributed by atoms with Gasteiger partial charge in [-0.1, -0.05) is 36.2 Å². The Labute approximate surface area is 187 Å². The number of hydrogen-bond donors (Lipinski definition) is 2. The highest BCUT2D eigenvalue weighted by atomic mass is 35.5. The maximum atomic E-state index is 13.1. The van der Waals surface area contributed by atoms with Crippen molar-refractivity contribution in [1.82, 2.24) is 4.90 Å². The van der Waals surface area contributed by atoms with E-state index in [1.165, 1.54) is 13.1 Å². The number of esters is 1. The molecular formula is C23H28ClNO6. The van der Waals surface area contributed by atoms with Crippen molar-refractivity contribution in [2.24, 2.45) is 5.92 Å². The molecule has 0 aromatic carbocycles. The lowest BCUT2D eigenvalue weighted by Crippen LogP contribution is -2.52. The summed E-state index contributed by atoms with van der Waals surface area (Å²) in [6.45, 7) is 7.87. The molecule has 3 atom stereocenters. The Hall–Kier alpha value is -2.48. The lowest BCUT2D eigenvalue weighted by atomic mass is 9.79. The van der Waals surface area contributed by atoms with Gasteiger partial charge in [0, 0.05) is 42.4 Å². The highest BCUT2D eigenvalue weighted by molar-refractivity contribution is 6.49. The Morgan fingerprint density at radius 2 is 1.94 bits per heavy atom. The van der Waals surface area contributed by atoms with Crippen molar-refractivity contribution in [1.29, 1.82) is 0 Å². The van der Waals surface area contributed by atoms with Crippen molar-refractivity contribution < 1.29 is 29.3 Å². The van der Waals surface area contributed by atoms with Crippen LogP contribution in [0.4, 0.5) is 0 Å². The Balaban J connectivity index is 2.50. The Bertz CT molecular complexity index is 940. The minimum absolute atomic E-state index is 0.0327. The summed E-state index contributed by atoms with van der Waals surface area (Å²) in [5.74, 6) is -2.25. The molecule has 0 amide bonds. The SMILES string of the molecule is CC(=O)OC1(C)C(=O)C2=CN(CCO)C(C=CC(C)=CC(C)C(C)O)=CC2=C(Cl)C1=O. The Morgan fingerprint density at radius 3 is 2.48 bits per heavy atom. The van der Waals surface area contributed by atoms with Gasteiger partial charge in [0.2, 0.25) is 17.2 Å². The van der Waals surface area contributed by atoms with Crippen molar-refractivity contribution >= 4 is 29.1 Å². The molecule has 3 unspecified atom stereocenters. The maximum Gasteiger partial charge on any atom is 0.304 e. The van der Waals surface area contributed by atoms with E-state index >= 15 is 0 Å². The molecule has 1 aliphatic carbocycles. The molecule has 168 valence electrons. The van der Waals surface area contributed by atoms with Crippen LogP contribution < -0.4 is 0 Å². The summed E-state index contributed by atoms with van der Waals surface area (Å²) < 4.78 is 5.05. The second-order valence-electron chi connectivity index (χ2n) is 7.89. The average molecular weight is 450 g/mol. The number of aliphatic hydroxyl groups excluding tert-OH is 2. The number of ether oxygens (including phenoxy) is 1. The topological polar surface area (TPSA) is 104 Å². The molecule has 31 heavy (non-hydrogen) atoms. The number of aliphatic hydroxyl groups is 2. The highest BCUT2D eigenvalue weighted by Gasteiger charge is 2.52. The van der Waals surface area contributed by atoms with Gasteiger partial charge in [-0.15, -0.1) is 0 Å². The molecule has 2 rings (SSSR count). The zero-order chi connectivity index (χ0) is 23.5. The lowest BCUT2D eigenvalue weighted by Gasteiger charge is -2.35. The van der Waals surface area contributed by atoms with Crippen molar-refractivity contribution in [3.8, 4) is 0 Å². The fraction of sp³-hybridized carbons (Fsp3) is 0.435. The molecule has 2 N–H and O–H groups in total. The zero-order valence-electron chi connectivity index (χ0n) is 18.3. The standard InChI is InChI=1S/C23H28ClNO6/c1-13(10-14(2)15(3)27)6-7-17-11-18-19(12-25(17)8-9-26)21(29)23(5,31-16(4)28)22(30)20(18)24/h6-7,10-12,14-15,26-27H,8-9H2,1-5H3. The first-order valence-electron chi connectivity index (χ1n) is 9.97. The molecule has 1 heterocycles. The zero-order valence-corrected chi connectivity index (χ0v) is 19.1. The van der Waals surface area contributed by atoms with Gasteiger partial charge in [-0.3, -0.25) is 14.4 Å². The number of rotatable bonds is 7. The van der Waals surface area contributed by atoms with Crippen LogP contribution in [-0.4, -0.2) is 57.5 Å². The summed E-state index contributed by atoms with van der Waals surface area (Å²) in [6, 6.07) is 0. The largest absolute Gasteiger partial charge is 0.443 e. The van der Waals surface area contributed by atoms with Crippen LogP contribution in [0, 0.1) is 5.92 Å². The fourth-order valence-corrected chi connectivity index (χ4v) is 3.65. The van der Waals surface area contributed by atoms with Gasteiger partial charge in [0.1, 0.15) is 0 Å². The van der Waals surface area contributed by atoms with Crippen LogP contribution in [-0.2, 0) is 19.1 Å². The summed E-state index contributed by atoms with van der Waals surface area (Å²) in [6.07, 6.45) is 8.14. The number of halogens is 1. The van der Waals surface area contributed by atoms with Crippen LogP contribution in [0.5, 0.6) is 0 Å². The quantitative estimate of drug-likeness (QED) is 0.349. The van der Waals surface area contributed by atoms with Crippen LogP contribution >= 0.6 is 11.6 Å². The third kappa shape index (κ3) is 5.23. The highest BCUT2D eigenvalue weighted by Crippen LogP contribution is 2.39. The number of carbonyl (C=O) groups is 3. The number of ketones is 2. The van der Waals surface area contributed by atoms with Gasteiger partial charge in [-0.05, 0) is 32.9 Å². The van der Waals surface area contributed by atoms with Crippen molar-refractivity contribution in [2.75, 3.05) is 13.2 Å². The van der Waals surface area contributed by atoms with Gasteiger partial charge in [-0.25, -0.2) is 0 Å². The molecule has 0 saturated carbocycles. The van der Waals surface area contributed by atoms with E-state index in [0.29, 0.717) is 5.70 Å². The summed E-state index contributed by atoms with van der Waals surface area (Å²) >= 11 is 6.30. The first-order chi connectivity index (χ1) is 14.4. The number of Topliss-reactive ketones (excluding diaryl/α,β-unsaturated/α-hetero) is 2. The average Bonchev–Trinajstić information content (AvgIpc) is 2.69. The van der Waals surface area contributed by atoms with Crippen LogP contribution in [0.3, 0.4) is 0 Å². The van der Waals surface area contributed by atoms with Gasteiger partial charge < -0.3 is 19.8 Å². The summed E-state index contributed by atoms with van der Waals surface area (Å²) in [5, 5.41) is 18.9. The number of nitrogens with zero attached hydrogens (tertiary/aromatic N) is 1. The summed E-state index contributed by atoms with van der Waals surface area (Å²) in [4.78, 5) is 38.9. The van der Waals surface area contributed by atoms with E-state index in [4.69, 9.17) is 16.3 Å². The van der Waals surface area contributed by atoms with Crippen molar-refractivity contribution in [3.63, 3.8) is 0 Å². The molecule has 0 radical (unpaired) electrons. The van der Waals surface area contributed by atoms with Gasteiger partial charge in [-0.2, -0.15) is 0 Å². The van der Waals surface area contributed by atoms with Crippen LogP contribution in [0.2, 0.25) is 0 Å². The third-order valence-corrected chi connectivity index (χ3v) is 5.61. The van der Waals surface area contributed by atoms with Gasteiger partial charge >= 0.3 is 5.97 Å². The molecule has 0 aromatic heterocycles. The smallest absolute Gasteiger partial charge is 0.304 e. The minimum Gasteiger partial charge on any atom is -0.443 e. The van der Waals surface area contributed by atoms with Crippen LogP contribution in [0.25, 0.3) is 0 Å². The first kappa shape index (κ1) is 24.8. The molecular weight excluding hydrogens is 422 g/mol. The molecule has 0 fully saturated rings. The van der Waals surface area contributed by atoms with E-state index in [-0.39, 0.29) is 35.2 Å². The fourth-order valence-electron chi connectivity index (χ4n) is 3.31. The number of fused-ring (bicyclic) bond motifs is 1. The molecule has 1 aliphatic heterocycles. The van der Waals surface area contributed by atoms with E-state index < -0.39 is 29.2 Å². The van der Waals surface area contributed by atoms with Crippen molar-refractivity contribution in [2.45, 2.75) is 46.3 Å². The minimum atomic E-state index is -2.03. The summed E-state index contributed by atoms with van der Waals surface area (Å²) in [5.41, 5.74) is -0.129. The predicted octanol–water partition coefficient (Wildman–Crippen LogP) is 2.55. The van der Waals surface area contributed by atoms with E-state index in [1.807, 2.05) is 26.0 Å². The van der Waals surface area contributed by atoms with E-state index in [9.17, 15) is 24.6 Å². The molecule has 2 aliphatic rings. The number of β-amino-alcohol motifs (C(OH)–C–C–N with tert-alkyl or cyclic N) is 1. The molecule has 7 nitrogen and oxygen atoms in total. The van der Waals surface area contributed by atoms with Gasteiger partial charge in [0.05, 0.1) is 17.7 Å². The maximum absolute atomic E-state index is 13.1. The normalized spacial score (nSPS) is 24.1. The molecule has 0 bridgehead atoms. The third-order valence-electron chi connectivity index (χ3n) is 5.24. The summed E-state index contributed by atoms with van der Waals surface area (Å²) in [7, 11) is 0. The molecule has 0 saturated heterocycles. The van der Waals surface area contributed by atoms with E-state index in [0.717, 1.165) is 12.5 Å². The molecule has 0 aromatic rings. The number of allylic oxidation sites excluding steroid dienone is 5. The second kappa shape index (κ2) is 9.77. The predicted molar refractivity (Wildman–Crippen MR) is 117 cm³/mol. The Morgan fingerprint density at radius 1 is 1.29 bits per heavy atom. The van der Waals surface area contributed by atoms with Crippen LogP contribution in [0.15, 0.2) is 58.0 Å². The lowest BCUT2D eigenvalue weighted by molar-refractivity contribution is -0.167. The first-order valence-corrected chi connectivity index (χ1v) is 10.3. The van der Waals surface area contributed by atoms with Crippen LogP contribution in [0.1, 0.15) is 34.6 Å². The van der Waals surface area contributed by atoms with Gasteiger partial charge in [0.15, 0.2) is 0 Å². The Kier molecular flexibility index (Phi) is 7.81. The second-order valence-corrected chi connectivity index (χ2v) is 8.26. The number of hydrogen-bond acceptors (Lipinski definition) is 7. The molecule has 0 spiro atoms. The molecule has 8 heteroatoms. The van der Waals surface area contributed by atoms with Gasteiger partial charge in [0.25, 0.3) is 0 Å².